The van der Waals surface area contributed by atoms with Crippen LogP contribution in [0.2, 0.25) is 0 Å². The van der Waals surface area contributed by atoms with E-state index in [1.807, 2.05) is 26.2 Å². The summed E-state index contributed by atoms with van der Waals surface area (Å²) in [6.07, 6.45) is 6.71. The third-order valence-electron chi connectivity index (χ3n) is 2.91. The Balaban J connectivity index is 2.54. The van der Waals surface area contributed by atoms with Gasteiger partial charge in [-0.2, -0.15) is 0 Å². The Bertz CT molecular complexity index is 339. The molecule has 0 fully saturated rings. The van der Waals surface area contributed by atoms with Gasteiger partial charge in [-0.05, 0) is 25.1 Å². The molecular weight excluding hydrogens is 212 g/mol. The van der Waals surface area contributed by atoms with Crippen LogP contribution in [0.25, 0.3) is 0 Å². The van der Waals surface area contributed by atoms with E-state index in [0.717, 1.165) is 32.2 Å². The van der Waals surface area contributed by atoms with Crippen LogP contribution in [-0.4, -0.2) is 29.8 Å². The van der Waals surface area contributed by atoms with Crippen LogP contribution in [0.15, 0.2) is 24.5 Å². The number of carbonyl (C=O) groups excluding carboxylic acids is 1. The average molecular weight is 234 g/mol. The van der Waals surface area contributed by atoms with Gasteiger partial charge in [-0.3, -0.25) is 4.98 Å². The molecule has 0 aromatic carbocycles. The summed E-state index contributed by atoms with van der Waals surface area (Å²) in [7, 11) is 2.05. The Morgan fingerprint density at radius 3 is 2.82 bits per heavy atom. The molecule has 0 saturated carbocycles. The van der Waals surface area contributed by atoms with Crippen molar-refractivity contribution in [3.05, 3.63) is 30.1 Å². The van der Waals surface area contributed by atoms with Gasteiger partial charge in [0.2, 0.25) is 0 Å². The zero-order chi connectivity index (χ0) is 12.7. The highest BCUT2D eigenvalue weighted by atomic mass is 16.1. The van der Waals surface area contributed by atoms with Crippen molar-refractivity contribution in [3.8, 4) is 0 Å². The average Bonchev–Trinajstić information content (AvgIpc) is 2.30. The van der Waals surface area contributed by atoms with E-state index in [1.165, 1.54) is 5.56 Å². The summed E-state index contributed by atoms with van der Waals surface area (Å²) in [5.74, 6) is 0. The lowest BCUT2D eigenvalue weighted by Gasteiger charge is -2.28. The lowest BCUT2D eigenvalue weighted by atomic mass is 9.87. The second-order valence-electron chi connectivity index (χ2n) is 5.06. The minimum atomic E-state index is -0.230. The Kier molecular flexibility index (Phi) is 5.29. The van der Waals surface area contributed by atoms with E-state index in [-0.39, 0.29) is 5.41 Å². The molecule has 1 unspecified atom stereocenters. The molecule has 1 heterocycles. The number of hydrogen-bond acceptors (Lipinski definition) is 3. The van der Waals surface area contributed by atoms with Gasteiger partial charge in [-0.15, -0.1) is 0 Å². The van der Waals surface area contributed by atoms with E-state index in [4.69, 9.17) is 0 Å². The molecule has 0 spiro atoms. The van der Waals surface area contributed by atoms with Crippen molar-refractivity contribution < 1.29 is 4.79 Å². The van der Waals surface area contributed by atoms with Gasteiger partial charge >= 0.3 is 0 Å². The Morgan fingerprint density at radius 2 is 2.29 bits per heavy atom. The van der Waals surface area contributed by atoms with Gasteiger partial charge in [0.1, 0.15) is 6.29 Å². The smallest absolute Gasteiger partial charge is 0.127 e. The van der Waals surface area contributed by atoms with Crippen molar-refractivity contribution in [2.24, 2.45) is 5.41 Å². The second kappa shape index (κ2) is 6.50. The molecule has 0 amide bonds. The van der Waals surface area contributed by atoms with E-state index in [1.54, 1.807) is 6.20 Å². The number of aldehydes is 1. The van der Waals surface area contributed by atoms with Gasteiger partial charge in [0.05, 0.1) is 0 Å². The van der Waals surface area contributed by atoms with Crippen LogP contribution in [0.3, 0.4) is 0 Å². The fraction of sp³-hybridized carbons (Fsp3) is 0.571. The first kappa shape index (κ1) is 13.8. The molecule has 0 aliphatic rings. The topological polar surface area (TPSA) is 33.2 Å². The molecule has 1 aromatic rings. The maximum Gasteiger partial charge on any atom is 0.127 e. The molecule has 17 heavy (non-hydrogen) atoms. The number of aromatic nitrogens is 1. The van der Waals surface area contributed by atoms with E-state index >= 15 is 0 Å². The van der Waals surface area contributed by atoms with Gasteiger partial charge in [0.25, 0.3) is 0 Å². The molecule has 94 valence electrons. The van der Waals surface area contributed by atoms with E-state index in [9.17, 15) is 4.79 Å². The van der Waals surface area contributed by atoms with E-state index in [2.05, 4.69) is 22.9 Å². The first-order valence-electron chi connectivity index (χ1n) is 6.13. The van der Waals surface area contributed by atoms with Crippen molar-refractivity contribution >= 4 is 6.29 Å². The summed E-state index contributed by atoms with van der Waals surface area (Å²) in [5, 5.41) is 0. The first-order chi connectivity index (χ1) is 8.09. The van der Waals surface area contributed by atoms with E-state index < -0.39 is 0 Å². The van der Waals surface area contributed by atoms with Gasteiger partial charge in [0.15, 0.2) is 0 Å². The lowest BCUT2D eigenvalue weighted by Crippen LogP contribution is -2.34. The molecule has 0 N–H and O–H groups in total. The standard InChI is InChI=1S/C14H22N2O/c1-4-7-14(2,12-17)11-16(3)10-13-6-5-8-15-9-13/h5-6,8-9,12H,4,7,10-11H2,1-3H3. The highest BCUT2D eigenvalue weighted by Crippen LogP contribution is 2.22. The molecule has 3 heteroatoms. The Hall–Kier alpha value is -1.22. The largest absolute Gasteiger partial charge is 0.303 e. The molecule has 0 aliphatic carbocycles. The minimum Gasteiger partial charge on any atom is -0.303 e. The number of rotatable bonds is 7. The first-order valence-corrected chi connectivity index (χ1v) is 6.13. The molecule has 3 nitrogen and oxygen atoms in total. The predicted molar refractivity (Wildman–Crippen MR) is 69.7 cm³/mol. The molecule has 1 atom stereocenters. The van der Waals surface area contributed by atoms with E-state index in [0.29, 0.717) is 0 Å². The lowest BCUT2D eigenvalue weighted by molar-refractivity contribution is -0.116. The van der Waals surface area contributed by atoms with Crippen LogP contribution in [-0.2, 0) is 11.3 Å². The maximum absolute atomic E-state index is 11.2. The highest BCUT2D eigenvalue weighted by Gasteiger charge is 2.24. The fourth-order valence-electron chi connectivity index (χ4n) is 2.22. The third-order valence-corrected chi connectivity index (χ3v) is 2.91. The van der Waals surface area contributed by atoms with Gasteiger partial charge in [0, 0.05) is 30.9 Å². The Morgan fingerprint density at radius 1 is 1.53 bits per heavy atom. The third kappa shape index (κ3) is 4.65. The second-order valence-corrected chi connectivity index (χ2v) is 5.06. The molecule has 0 aliphatic heterocycles. The monoisotopic (exact) mass is 234 g/mol. The maximum atomic E-state index is 11.2. The van der Waals surface area contributed by atoms with Gasteiger partial charge in [-0.1, -0.05) is 26.3 Å². The van der Waals surface area contributed by atoms with Crippen LogP contribution in [0.5, 0.6) is 0 Å². The normalized spacial score (nSPS) is 14.6. The summed E-state index contributed by atoms with van der Waals surface area (Å²) in [4.78, 5) is 17.4. The molecule has 0 radical (unpaired) electrons. The van der Waals surface area contributed by atoms with Gasteiger partial charge < -0.3 is 9.69 Å². The van der Waals surface area contributed by atoms with Crippen LogP contribution in [0, 0.1) is 5.41 Å². The van der Waals surface area contributed by atoms with Crippen molar-refractivity contribution in [2.45, 2.75) is 33.2 Å². The number of hydrogen-bond donors (Lipinski definition) is 0. The number of pyridine rings is 1. The summed E-state index contributed by atoms with van der Waals surface area (Å²) in [6.45, 7) is 5.77. The molecule has 0 bridgehead atoms. The summed E-state index contributed by atoms with van der Waals surface area (Å²) >= 11 is 0. The van der Waals surface area contributed by atoms with Crippen molar-refractivity contribution in [1.29, 1.82) is 0 Å². The van der Waals surface area contributed by atoms with Crippen LogP contribution >= 0.6 is 0 Å². The summed E-state index contributed by atoms with van der Waals surface area (Å²) in [6, 6.07) is 4.00. The summed E-state index contributed by atoms with van der Waals surface area (Å²) < 4.78 is 0. The molecular formula is C14H22N2O. The Labute approximate surface area is 104 Å². The number of nitrogens with zero attached hydrogens (tertiary/aromatic N) is 2. The van der Waals surface area contributed by atoms with Crippen LogP contribution in [0.4, 0.5) is 0 Å². The zero-order valence-corrected chi connectivity index (χ0v) is 11.0. The minimum absolute atomic E-state index is 0.230. The SMILES string of the molecule is CCCC(C)(C=O)CN(C)Cc1cccnc1. The molecule has 1 aromatic heterocycles. The number of carbonyl (C=O) groups is 1. The fourth-order valence-corrected chi connectivity index (χ4v) is 2.22. The quantitative estimate of drug-likeness (QED) is 0.680. The predicted octanol–water partition coefficient (Wildman–Crippen LogP) is 2.52. The van der Waals surface area contributed by atoms with Crippen molar-refractivity contribution in [1.82, 2.24) is 9.88 Å². The van der Waals surface area contributed by atoms with Gasteiger partial charge in [-0.25, -0.2) is 0 Å². The highest BCUT2D eigenvalue weighted by molar-refractivity contribution is 5.58. The summed E-state index contributed by atoms with van der Waals surface area (Å²) in [5.41, 5.74) is 0.950. The van der Waals surface area contributed by atoms with Crippen molar-refractivity contribution in [2.75, 3.05) is 13.6 Å². The van der Waals surface area contributed by atoms with Crippen LogP contribution in [0.1, 0.15) is 32.3 Å². The molecule has 1 rings (SSSR count). The van der Waals surface area contributed by atoms with Crippen molar-refractivity contribution in [3.63, 3.8) is 0 Å². The van der Waals surface area contributed by atoms with Crippen LogP contribution < -0.4 is 0 Å². The molecule has 0 saturated heterocycles. The zero-order valence-electron chi connectivity index (χ0n) is 11.0.